The Hall–Kier alpha value is -4.01. The largest absolute Gasteiger partial charge is 0.497 e. The number of aromatic nitrogens is 1. The predicted molar refractivity (Wildman–Crippen MR) is 176 cm³/mol. The third kappa shape index (κ3) is 7.13. The zero-order valence-electron chi connectivity index (χ0n) is 26.7. The van der Waals surface area contributed by atoms with Gasteiger partial charge in [-0.3, -0.25) is 4.79 Å². The first kappa shape index (κ1) is 31.0. The normalized spacial score (nSPS) is 18.1. The number of methoxy groups -OCH3 is 3. The average Bonchev–Trinajstić information content (AvgIpc) is 3.88. The van der Waals surface area contributed by atoms with Crippen LogP contribution in [0.3, 0.4) is 0 Å². The van der Waals surface area contributed by atoms with Gasteiger partial charge in [0.25, 0.3) is 0 Å². The highest BCUT2D eigenvalue weighted by Crippen LogP contribution is 2.40. The van der Waals surface area contributed by atoms with E-state index < -0.39 is 0 Å². The Bertz CT molecular complexity index is 1570. The van der Waals surface area contributed by atoms with E-state index in [9.17, 15) is 4.79 Å². The lowest BCUT2D eigenvalue weighted by atomic mass is 9.79. The van der Waals surface area contributed by atoms with E-state index in [-0.39, 0.29) is 17.7 Å². The number of piperidine rings is 1. The molecule has 6 rings (SSSR count). The van der Waals surface area contributed by atoms with Gasteiger partial charge in [-0.1, -0.05) is 36.4 Å². The number of ether oxygens (including phenoxy) is 4. The highest BCUT2D eigenvalue weighted by atomic mass is 16.5. The maximum absolute atomic E-state index is 14.5. The van der Waals surface area contributed by atoms with Crippen LogP contribution in [0.4, 0.5) is 0 Å². The molecule has 1 aliphatic carbocycles. The molecule has 2 aliphatic rings. The smallest absolute Gasteiger partial charge is 0.228 e. The molecule has 0 unspecified atom stereocenters. The van der Waals surface area contributed by atoms with E-state index in [4.69, 9.17) is 18.9 Å². The van der Waals surface area contributed by atoms with Gasteiger partial charge in [0.15, 0.2) is 0 Å². The second-order valence-corrected chi connectivity index (χ2v) is 12.2. The second-order valence-electron chi connectivity index (χ2n) is 12.2. The minimum atomic E-state index is -0.170. The number of nitrogens with zero attached hydrogens (tertiary/aromatic N) is 2. The van der Waals surface area contributed by atoms with E-state index in [1.165, 1.54) is 16.5 Å². The van der Waals surface area contributed by atoms with Gasteiger partial charge in [0.05, 0.1) is 20.1 Å². The number of hydrogen-bond donors (Lipinski definition) is 1. The molecule has 238 valence electrons. The van der Waals surface area contributed by atoms with Crippen molar-refractivity contribution in [1.29, 1.82) is 0 Å². The van der Waals surface area contributed by atoms with Gasteiger partial charge in [0.1, 0.15) is 23.9 Å². The maximum atomic E-state index is 14.5. The van der Waals surface area contributed by atoms with E-state index in [2.05, 4.69) is 57.4 Å². The lowest BCUT2D eigenvalue weighted by Gasteiger charge is -2.36. The summed E-state index contributed by atoms with van der Waals surface area (Å²) in [4.78, 5) is 16.7. The summed E-state index contributed by atoms with van der Waals surface area (Å²) in [7, 11) is 5.04. The molecular formula is C37H45N3O5. The molecule has 45 heavy (non-hydrogen) atoms. The fourth-order valence-corrected chi connectivity index (χ4v) is 6.70. The van der Waals surface area contributed by atoms with E-state index in [0.717, 1.165) is 73.8 Å². The Labute approximate surface area is 266 Å². The summed E-state index contributed by atoms with van der Waals surface area (Å²) in [5, 5.41) is 4.75. The van der Waals surface area contributed by atoms with Crippen molar-refractivity contribution in [1.82, 2.24) is 14.8 Å². The molecule has 8 heteroatoms. The Kier molecular flexibility index (Phi) is 9.91. The van der Waals surface area contributed by atoms with E-state index in [0.29, 0.717) is 25.7 Å². The Morgan fingerprint density at radius 2 is 1.71 bits per heavy atom. The van der Waals surface area contributed by atoms with Gasteiger partial charge in [0.2, 0.25) is 5.91 Å². The number of benzene rings is 3. The van der Waals surface area contributed by atoms with Crippen LogP contribution in [-0.2, 0) is 29.2 Å². The average molecular weight is 612 g/mol. The molecule has 1 aromatic heterocycles. The summed E-state index contributed by atoms with van der Waals surface area (Å²) in [6, 6.07) is 22.8. The molecule has 1 amide bonds. The Morgan fingerprint density at radius 3 is 2.47 bits per heavy atom. The van der Waals surface area contributed by atoms with Gasteiger partial charge in [0, 0.05) is 68.5 Å². The monoisotopic (exact) mass is 611 g/mol. The highest BCUT2D eigenvalue weighted by Gasteiger charge is 2.41. The zero-order valence-corrected chi connectivity index (χ0v) is 26.7. The molecule has 8 nitrogen and oxygen atoms in total. The molecule has 1 saturated heterocycles. The van der Waals surface area contributed by atoms with Crippen molar-refractivity contribution in [3.63, 3.8) is 0 Å². The van der Waals surface area contributed by atoms with E-state index in [1.807, 2.05) is 30.3 Å². The van der Waals surface area contributed by atoms with Crippen LogP contribution in [0.2, 0.25) is 0 Å². The van der Waals surface area contributed by atoms with Gasteiger partial charge in [-0.15, -0.1) is 0 Å². The first-order valence-electron chi connectivity index (χ1n) is 16.1. The fourth-order valence-electron chi connectivity index (χ4n) is 6.70. The molecule has 0 radical (unpaired) electrons. The van der Waals surface area contributed by atoms with E-state index in [1.54, 1.807) is 21.3 Å². The summed E-state index contributed by atoms with van der Waals surface area (Å²) in [6.45, 7) is 4.14. The minimum Gasteiger partial charge on any atom is -0.497 e. The third-order valence-electron chi connectivity index (χ3n) is 9.15. The standard InChI is InChI=1S/C37H45N3O5/c1-42-18-8-17-39-23-27(31-9-4-6-11-35(31)39)24-40(28-13-14-28)37(41)34-22-38-16-15-32(34)33-10-5-7-12-36(33)45-25-26-19-29(43-2)21-30(20-26)44-3/h4-7,9-12,19-21,23,28,32,34,38H,8,13-18,22,24-25H2,1-3H3/t32-,34+/m1/s1. The predicted octanol–water partition coefficient (Wildman–Crippen LogP) is 6.16. The van der Waals surface area contributed by atoms with Crippen molar-refractivity contribution in [2.75, 3.05) is 41.0 Å². The van der Waals surface area contributed by atoms with Crippen LogP contribution in [-0.4, -0.2) is 62.4 Å². The number of carbonyl (C=O) groups excluding carboxylic acids is 1. The van der Waals surface area contributed by atoms with Crippen LogP contribution in [0.1, 0.15) is 48.3 Å². The number of aryl methyl sites for hydroxylation is 1. The SMILES string of the molecule is COCCCn1cc(CN(C(=O)[C@H]2CNCC[C@@H]2c2ccccc2OCc2cc(OC)cc(OC)c2)C2CC2)c2ccccc21. The highest BCUT2D eigenvalue weighted by molar-refractivity contribution is 5.86. The summed E-state index contributed by atoms with van der Waals surface area (Å²) in [5.41, 5.74) is 4.47. The Morgan fingerprint density at radius 1 is 0.956 bits per heavy atom. The number of hydrogen-bond acceptors (Lipinski definition) is 6. The van der Waals surface area contributed by atoms with Gasteiger partial charge in [-0.25, -0.2) is 0 Å². The van der Waals surface area contributed by atoms with Crippen LogP contribution in [0.25, 0.3) is 10.9 Å². The number of amides is 1. The van der Waals surface area contributed by atoms with Crippen molar-refractivity contribution in [3.05, 3.63) is 89.6 Å². The summed E-state index contributed by atoms with van der Waals surface area (Å²) in [6.07, 6.45) is 6.19. The number of para-hydroxylation sites is 2. The molecule has 1 aliphatic heterocycles. The molecule has 1 N–H and O–H groups in total. The van der Waals surface area contributed by atoms with Crippen molar-refractivity contribution in [3.8, 4) is 17.2 Å². The Balaban J connectivity index is 1.23. The van der Waals surface area contributed by atoms with Gasteiger partial charge in [-0.2, -0.15) is 0 Å². The summed E-state index contributed by atoms with van der Waals surface area (Å²) >= 11 is 0. The minimum absolute atomic E-state index is 0.0615. The van der Waals surface area contributed by atoms with Crippen molar-refractivity contribution < 1.29 is 23.7 Å². The molecule has 1 saturated carbocycles. The van der Waals surface area contributed by atoms with Crippen LogP contribution >= 0.6 is 0 Å². The van der Waals surface area contributed by atoms with Crippen LogP contribution in [0.15, 0.2) is 72.9 Å². The lowest BCUT2D eigenvalue weighted by Crippen LogP contribution is -2.47. The third-order valence-corrected chi connectivity index (χ3v) is 9.15. The molecular weight excluding hydrogens is 566 g/mol. The molecule has 3 aromatic carbocycles. The molecule has 4 aromatic rings. The van der Waals surface area contributed by atoms with Gasteiger partial charge in [-0.05, 0) is 73.2 Å². The molecule has 0 bridgehead atoms. The first-order chi connectivity index (χ1) is 22.1. The first-order valence-corrected chi connectivity index (χ1v) is 16.1. The van der Waals surface area contributed by atoms with Crippen LogP contribution in [0.5, 0.6) is 17.2 Å². The van der Waals surface area contributed by atoms with Crippen LogP contribution in [0, 0.1) is 5.92 Å². The topological polar surface area (TPSA) is 74.2 Å². The number of fused-ring (bicyclic) bond motifs is 1. The number of rotatable bonds is 14. The van der Waals surface area contributed by atoms with E-state index >= 15 is 0 Å². The molecule has 2 fully saturated rings. The van der Waals surface area contributed by atoms with Crippen molar-refractivity contribution in [2.24, 2.45) is 5.92 Å². The summed E-state index contributed by atoms with van der Waals surface area (Å²) < 4.78 is 25.0. The molecule has 2 heterocycles. The zero-order chi connectivity index (χ0) is 31.2. The van der Waals surface area contributed by atoms with Gasteiger partial charge >= 0.3 is 0 Å². The number of nitrogens with one attached hydrogen (secondary N) is 1. The van der Waals surface area contributed by atoms with Crippen LogP contribution < -0.4 is 19.5 Å². The van der Waals surface area contributed by atoms with Crippen molar-refractivity contribution >= 4 is 16.8 Å². The van der Waals surface area contributed by atoms with Crippen molar-refractivity contribution in [2.45, 2.75) is 57.3 Å². The quantitative estimate of drug-likeness (QED) is 0.172. The summed E-state index contributed by atoms with van der Waals surface area (Å²) in [5.74, 6) is 2.40. The number of carbonyl (C=O) groups is 1. The molecule has 0 spiro atoms. The molecule has 2 atom stereocenters. The second kappa shape index (κ2) is 14.4. The lowest BCUT2D eigenvalue weighted by molar-refractivity contribution is -0.138. The fraction of sp³-hybridized carbons (Fsp3) is 0.432. The maximum Gasteiger partial charge on any atom is 0.228 e. The van der Waals surface area contributed by atoms with Gasteiger partial charge < -0.3 is 33.7 Å².